The minimum absolute atomic E-state index is 0.177. The summed E-state index contributed by atoms with van der Waals surface area (Å²) < 4.78 is 4.84. The van der Waals surface area contributed by atoms with Gasteiger partial charge in [-0.2, -0.15) is 0 Å². The van der Waals surface area contributed by atoms with Crippen molar-refractivity contribution in [2.24, 2.45) is 0 Å². The lowest BCUT2D eigenvalue weighted by atomic mass is 9.81. The third kappa shape index (κ3) is 3.14. The van der Waals surface area contributed by atoms with Gasteiger partial charge in [0.15, 0.2) is 0 Å². The molecule has 0 aliphatic carbocycles. The van der Waals surface area contributed by atoms with E-state index in [0.717, 1.165) is 5.56 Å². The molecule has 0 aromatic heterocycles. The fraction of sp³-hybridized carbons (Fsp3) is 0.500. The van der Waals surface area contributed by atoms with Crippen molar-refractivity contribution in [3.8, 4) is 0 Å². The Balaban J connectivity index is 2.10. The van der Waals surface area contributed by atoms with Crippen LogP contribution in [0.1, 0.15) is 25.3 Å². The number of ether oxygens (including phenoxy) is 1. The Hall–Kier alpha value is -1.72. The van der Waals surface area contributed by atoms with Gasteiger partial charge in [0.25, 0.3) is 0 Å². The van der Waals surface area contributed by atoms with Gasteiger partial charge in [0, 0.05) is 20.1 Å². The van der Waals surface area contributed by atoms with E-state index in [2.05, 4.69) is 0 Å². The number of likely N-dealkylation sites (tertiary alicyclic amines) is 1. The fourth-order valence-corrected chi connectivity index (χ4v) is 2.70. The molecular formula is C16H21NO4. The number of hydrogen-bond donors (Lipinski definition) is 1. The van der Waals surface area contributed by atoms with Crippen LogP contribution >= 0.6 is 0 Å². The highest BCUT2D eigenvalue weighted by Crippen LogP contribution is 2.36. The molecule has 1 N–H and O–H groups in total. The summed E-state index contributed by atoms with van der Waals surface area (Å²) in [4.78, 5) is 26.0. The van der Waals surface area contributed by atoms with Gasteiger partial charge >= 0.3 is 0 Å². The Morgan fingerprint density at radius 3 is 2.62 bits per heavy atom. The Kier molecular flexibility index (Phi) is 4.75. The van der Waals surface area contributed by atoms with Crippen LogP contribution in [0.25, 0.3) is 0 Å². The predicted octanol–water partition coefficient (Wildman–Crippen LogP) is 1.10. The van der Waals surface area contributed by atoms with Crippen molar-refractivity contribution >= 4 is 11.8 Å². The van der Waals surface area contributed by atoms with Gasteiger partial charge in [-0.05, 0) is 18.9 Å². The summed E-state index contributed by atoms with van der Waals surface area (Å²) in [7, 11) is 1.50. The molecule has 114 valence electrons. The largest absolute Gasteiger partial charge is 0.391 e. The summed E-state index contributed by atoms with van der Waals surface area (Å²) in [6.45, 7) is 2.23. The van der Waals surface area contributed by atoms with Gasteiger partial charge in [0.05, 0.1) is 18.1 Å². The first-order chi connectivity index (χ1) is 9.99. The lowest BCUT2D eigenvalue weighted by molar-refractivity contribution is -0.140. The fourth-order valence-electron chi connectivity index (χ4n) is 2.70. The van der Waals surface area contributed by atoms with Crippen molar-refractivity contribution < 1.29 is 19.4 Å². The molecule has 0 spiro atoms. The zero-order valence-electron chi connectivity index (χ0n) is 12.4. The standard InChI is InChI=1S/C16H21NO4/c1-16(12-6-4-3-5-7-12)10-14(19)17(15(16)20)9-8-13(18)11-21-2/h3-7,13,18H,8-11H2,1-2H3. The van der Waals surface area contributed by atoms with E-state index in [1.807, 2.05) is 30.3 Å². The average molecular weight is 291 g/mol. The topological polar surface area (TPSA) is 66.8 Å². The number of carbonyl (C=O) groups excluding carboxylic acids is 2. The molecule has 2 amide bonds. The Morgan fingerprint density at radius 2 is 2.00 bits per heavy atom. The lowest BCUT2D eigenvalue weighted by Crippen LogP contribution is -2.38. The number of rotatable bonds is 6. The van der Waals surface area contributed by atoms with Crippen molar-refractivity contribution in [3.05, 3.63) is 35.9 Å². The van der Waals surface area contributed by atoms with Crippen LogP contribution in [0.4, 0.5) is 0 Å². The second kappa shape index (κ2) is 6.37. The molecule has 2 rings (SSSR count). The van der Waals surface area contributed by atoms with E-state index in [0.29, 0.717) is 6.42 Å². The lowest BCUT2D eigenvalue weighted by Gasteiger charge is -2.23. The number of carbonyl (C=O) groups is 2. The third-order valence-corrected chi connectivity index (χ3v) is 3.98. The summed E-state index contributed by atoms with van der Waals surface area (Å²) in [6, 6.07) is 9.35. The summed E-state index contributed by atoms with van der Waals surface area (Å²) in [5.41, 5.74) is 0.0492. The Labute approximate surface area is 124 Å². The molecule has 2 atom stereocenters. The number of amides is 2. The molecule has 1 fully saturated rings. The predicted molar refractivity (Wildman–Crippen MR) is 77.6 cm³/mol. The van der Waals surface area contributed by atoms with Crippen LogP contribution in [0.15, 0.2) is 30.3 Å². The van der Waals surface area contributed by atoms with Crippen LogP contribution in [0, 0.1) is 0 Å². The van der Waals surface area contributed by atoms with Gasteiger partial charge in [-0.3, -0.25) is 14.5 Å². The van der Waals surface area contributed by atoms with E-state index in [4.69, 9.17) is 4.74 Å². The minimum Gasteiger partial charge on any atom is -0.391 e. The van der Waals surface area contributed by atoms with Gasteiger partial charge in [-0.25, -0.2) is 0 Å². The second-order valence-corrected chi connectivity index (χ2v) is 5.62. The number of benzene rings is 1. The molecule has 5 nitrogen and oxygen atoms in total. The molecule has 2 unspecified atom stereocenters. The van der Waals surface area contributed by atoms with E-state index in [-0.39, 0.29) is 31.4 Å². The van der Waals surface area contributed by atoms with Crippen LogP contribution in [0.5, 0.6) is 0 Å². The normalized spacial score (nSPS) is 23.7. The SMILES string of the molecule is COCC(O)CCN1C(=O)CC(C)(c2ccccc2)C1=O. The maximum absolute atomic E-state index is 12.6. The molecular weight excluding hydrogens is 270 g/mol. The molecule has 0 bridgehead atoms. The van der Waals surface area contributed by atoms with Gasteiger partial charge in [0.1, 0.15) is 0 Å². The highest BCUT2D eigenvalue weighted by molar-refractivity contribution is 6.08. The molecule has 1 saturated heterocycles. The Bertz CT molecular complexity index is 516. The molecule has 1 heterocycles. The molecule has 0 radical (unpaired) electrons. The Morgan fingerprint density at radius 1 is 1.33 bits per heavy atom. The van der Waals surface area contributed by atoms with Crippen molar-refractivity contribution in [1.82, 2.24) is 4.90 Å². The number of hydrogen-bond acceptors (Lipinski definition) is 4. The van der Waals surface area contributed by atoms with Crippen LogP contribution in [0.3, 0.4) is 0 Å². The molecule has 1 aliphatic heterocycles. The van der Waals surface area contributed by atoms with E-state index in [1.165, 1.54) is 12.0 Å². The highest BCUT2D eigenvalue weighted by atomic mass is 16.5. The van der Waals surface area contributed by atoms with E-state index >= 15 is 0 Å². The van der Waals surface area contributed by atoms with Crippen LogP contribution in [-0.2, 0) is 19.7 Å². The zero-order chi connectivity index (χ0) is 15.5. The molecule has 1 aliphatic rings. The van der Waals surface area contributed by atoms with Crippen molar-refractivity contribution in [2.75, 3.05) is 20.3 Å². The zero-order valence-corrected chi connectivity index (χ0v) is 12.4. The van der Waals surface area contributed by atoms with E-state index in [1.54, 1.807) is 6.92 Å². The van der Waals surface area contributed by atoms with Crippen LogP contribution in [0.2, 0.25) is 0 Å². The monoisotopic (exact) mass is 291 g/mol. The van der Waals surface area contributed by atoms with Crippen LogP contribution in [-0.4, -0.2) is 48.2 Å². The first-order valence-corrected chi connectivity index (χ1v) is 7.06. The maximum atomic E-state index is 12.6. The summed E-state index contributed by atoms with van der Waals surface area (Å²) in [6.07, 6.45) is -0.161. The number of methoxy groups -OCH3 is 1. The average Bonchev–Trinajstić information content (AvgIpc) is 2.69. The quantitative estimate of drug-likeness (QED) is 0.797. The molecule has 21 heavy (non-hydrogen) atoms. The molecule has 5 heteroatoms. The van der Waals surface area contributed by atoms with E-state index in [9.17, 15) is 14.7 Å². The van der Waals surface area contributed by atoms with Gasteiger partial charge in [-0.15, -0.1) is 0 Å². The highest BCUT2D eigenvalue weighted by Gasteiger charge is 2.48. The molecule has 1 aromatic rings. The van der Waals surface area contributed by atoms with Crippen molar-refractivity contribution in [2.45, 2.75) is 31.3 Å². The number of nitrogens with zero attached hydrogens (tertiary/aromatic N) is 1. The number of imide groups is 1. The minimum atomic E-state index is -0.801. The number of aliphatic hydroxyl groups excluding tert-OH is 1. The van der Waals surface area contributed by atoms with Gasteiger partial charge < -0.3 is 9.84 Å². The first kappa shape index (κ1) is 15.7. The van der Waals surface area contributed by atoms with Gasteiger partial charge in [-0.1, -0.05) is 30.3 Å². The summed E-state index contributed by atoms with van der Waals surface area (Å²) in [5, 5.41) is 9.65. The molecule has 0 saturated carbocycles. The smallest absolute Gasteiger partial charge is 0.240 e. The van der Waals surface area contributed by atoms with E-state index < -0.39 is 11.5 Å². The molecule has 1 aromatic carbocycles. The third-order valence-electron chi connectivity index (χ3n) is 3.98. The van der Waals surface area contributed by atoms with Gasteiger partial charge in [0.2, 0.25) is 11.8 Å². The van der Waals surface area contributed by atoms with Crippen molar-refractivity contribution in [3.63, 3.8) is 0 Å². The van der Waals surface area contributed by atoms with Crippen molar-refractivity contribution in [1.29, 1.82) is 0 Å². The van der Waals surface area contributed by atoms with Crippen LogP contribution < -0.4 is 0 Å². The number of aliphatic hydroxyl groups is 1. The first-order valence-electron chi connectivity index (χ1n) is 7.06. The summed E-state index contributed by atoms with van der Waals surface area (Å²) in [5.74, 6) is -0.376. The summed E-state index contributed by atoms with van der Waals surface area (Å²) >= 11 is 0. The maximum Gasteiger partial charge on any atom is 0.240 e. The second-order valence-electron chi connectivity index (χ2n) is 5.62.